The van der Waals surface area contributed by atoms with Crippen LogP contribution >= 0.6 is 0 Å². The van der Waals surface area contributed by atoms with Crippen LogP contribution in [0.2, 0.25) is 0 Å². The van der Waals surface area contributed by atoms with Gasteiger partial charge in [0.2, 0.25) is 5.91 Å². The Morgan fingerprint density at radius 1 is 1.18 bits per heavy atom. The van der Waals surface area contributed by atoms with E-state index in [9.17, 15) is 18.4 Å². The van der Waals surface area contributed by atoms with Crippen molar-refractivity contribution < 1.29 is 18.4 Å². The van der Waals surface area contributed by atoms with Crippen molar-refractivity contribution in [2.24, 2.45) is 5.41 Å². The Kier molecular flexibility index (Phi) is 5.24. The van der Waals surface area contributed by atoms with Crippen LogP contribution in [0.5, 0.6) is 0 Å². The maximum atomic E-state index is 12.9. The molecule has 2 aliphatic heterocycles. The molecule has 3 amide bonds. The van der Waals surface area contributed by atoms with E-state index in [0.717, 1.165) is 25.9 Å². The molecule has 0 unspecified atom stereocenters. The fourth-order valence-corrected chi connectivity index (χ4v) is 3.13. The first kappa shape index (κ1) is 17.0. The van der Waals surface area contributed by atoms with E-state index in [4.69, 9.17) is 0 Å². The zero-order valence-electron chi connectivity index (χ0n) is 13.3. The predicted octanol–water partition coefficient (Wildman–Crippen LogP) is 2.07. The average molecular weight is 317 g/mol. The summed E-state index contributed by atoms with van der Waals surface area (Å²) in [7, 11) is 0. The molecule has 0 saturated carbocycles. The quantitative estimate of drug-likeness (QED) is 0.863. The number of halogens is 2. The highest BCUT2D eigenvalue weighted by Crippen LogP contribution is 2.24. The Hall–Kier alpha value is -1.40. The molecule has 2 rings (SSSR count). The van der Waals surface area contributed by atoms with Crippen molar-refractivity contribution in [2.45, 2.75) is 52.0 Å². The summed E-state index contributed by atoms with van der Waals surface area (Å²) in [5, 5.41) is 2.66. The van der Waals surface area contributed by atoms with Gasteiger partial charge in [-0.1, -0.05) is 0 Å². The summed E-state index contributed by atoms with van der Waals surface area (Å²) in [4.78, 5) is 27.5. The molecule has 1 atom stereocenters. The third kappa shape index (κ3) is 3.67. The molecule has 2 heterocycles. The molecule has 0 aromatic rings. The maximum absolute atomic E-state index is 12.9. The average Bonchev–Trinajstić information content (AvgIpc) is 3.14. The van der Waals surface area contributed by atoms with Crippen molar-refractivity contribution in [3.05, 3.63) is 0 Å². The van der Waals surface area contributed by atoms with Crippen LogP contribution in [0.4, 0.5) is 13.6 Å². The van der Waals surface area contributed by atoms with Crippen LogP contribution in [0.15, 0.2) is 0 Å². The highest BCUT2D eigenvalue weighted by molar-refractivity contribution is 5.83. The van der Waals surface area contributed by atoms with E-state index in [1.807, 2.05) is 4.90 Å². The van der Waals surface area contributed by atoms with Gasteiger partial charge in [-0.3, -0.25) is 4.79 Å². The number of carbonyl (C=O) groups excluding carboxylic acids is 2. The van der Waals surface area contributed by atoms with Gasteiger partial charge in [-0.05, 0) is 39.5 Å². The molecule has 5 nitrogen and oxygen atoms in total. The molecular weight excluding hydrogens is 292 g/mol. The fourth-order valence-electron chi connectivity index (χ4n) is 3.13. The molecule has 1 N–H and O–H groups in total. The maximum Gasteiger partial charge on any atom is 0.317 e. The number of rotatable bonds is 4. The van der Waals surface area contributed by atoms with E-state index >= 15 is 0 Å². The first-order valence-corrected chi connectivity index (χ1v) is 7.95. The van der Waals surface area contributed by atoms with Crippen molar-refractivity contribution in [2.75, 3.05) is 26.2 Å². The third-order valence-electron chi connectivity index (χ3n) is 4.50. The number of nitrogens with one attached hydrogen (secondary N) is 1. The Bertz CT molecular complexity index is 423. The van der Waals surface area contributed by atoms with E-state index in [1.165, 1.54) is 4.90 Å². The van der Waals surface area contributed by atoms with E-state index < -0.39 is 23.9 Å². The summed E-state index contributed by atoms with van der Waals surface area (Å²) in [5.41, 5.74) is -0.722. The van der Waals surface area contributed by atoms with Crippen molar-refractivity contribution in [1.29, 1.82) is 0 Å². The molecule has 0 aromatic carbocycles. The molecule has 2 saturated heterocycles. The number of alkyl halides is 2. The highest BCUT2D eigenvalue weighted by Gasteiger charge is 2.37. The van der Waals surface area contributed by atoms with Crippen LogP contribution in [-0.2, 0) is 4.79 Å². The number of urea groups is 1. The van der Waals surface area contributed by atoms with Crippen molar-refractivity contribution in [3.63, 3.8) is 0 Å². The van der Waals surface area contributed by atoms with Gasteiger partial charge in [0.05, 0.1) is 11.5 Å². The molecule has 126 valence electrons. The molecule has 0 radical (unpaired) electrons. The number of likely N-dealkylation sites (tertiary alicyclic amines) is 2. The van der Waals surface area contributed by atoms with E-state index in [0.29, 0.717) is 19.4 Å². The van der Waals surface area contributed by atoms with Gasteiger partial charge in [0, 0.05) is 26.2 Å². The standard InChI is InChI=1S/C15H25F2N3O2/c1-15(2,13(21)19-7-3-4-8-19)10-18-14(22)20-9-5-6-11(20)12(16)17/h11-12H,3-10H2,1-2H3,(H,18,22)/t11-/m0/s1. The Morgan fingerprint density at radius 3 is 2.41 bits per heavy atom. The molecule has 0 aromatic heterocycles. The summed E-state index contributed by atoms with van der Waals surface area (Å²) in [5.74, 6) is 0.0112. The number of carbonyl (C=O) groups is 2. The zero-order chi connectivity index (χ0) is 16.3. The summed E-state index contributed by atoms with van der Waals surface area (Å²) in [6.45, 7) is 5.59. The molecule has 2 aliphatic rings. The molecule has 7 heteroatoms. The second kappa shape index (κ2) is 6.79. The fraction of sp³-hybridized carbons (Fsp3) is 0.867. The van der Waals surface area contributed by atoms with Gasteiger partial charge in [0.1, 0.15) is 0 Å². The second-order valence-electron chi connectivity index (χ2n) is 6.78. The van der Waals surface area contributed by atoms with E-state index in [2.05, 4.69) is 5.32 Å². The van der Waals surface area contributed by atoms with Crippen molar-refractivity contribution in [1.82, 2.24) is 15.1 Å². The van der Waals surface area contributed by atoms with E-state index in [1.54, 1.807) is 13.8 Å². The monoisotopic (exact) mass is 317 g/mol. The topological polar surface area (TPSA) is 52.7 Å². The summed E-state index contributed by atoms with van der Waals surface area (Å²) >= 11 is 0. The van der Waals surface area contributed by atoms with Gasteiger partial charge in [0.15, 0.2) is 0 Å². The van der Waals surface area contributed by atoms with Crippen LogP contribution in [0.1, 0.15) is 39.5 Å². The Labute approximate surface area is 130 Å². The van der Waals surface area contributed by atoms with Crippen LogP contribution < -0.4 is 5.32 Å². The van der Waals surface area contributed by atoms with Crippen molar-refractivity contribution in [3.8, 4) is 0 Å². The normalized spacial score (nSPS) is 22.5. The highest BCUT2D eigenvalue weighted by atomic mass is 19.3. The minimum absolute atomic E-state index is 0.0112. The van der Waals surface area contributed by atoms with Gasteiger partial charge in [-0.2, -0.15) is 0 Å². The first-order chi connectivity index (χ1) is 10.3. The molecule has 22 heavy (non-hydrogen) atoms. The first-order valence-electron chi connectivity index (χ1n) is 7.95. The lowest BCUT2D eigenvalue weighted by Gasteiger charge is -2.31. The van der Waals surface area contributed by atoms with E-state index in [-0.39, 0.29) is 12.5 Å². The van der Waals surface area contributed by atoms with Crippen LogP contribution in [-0.4, -0.2) is 60.4 Å². The Morgan fingerprint density at radius 2 is 1.82 bits per heavy atom. The second-order valence-corrected chi connectivity index (χ2v) is 6.78. The number of hydrogen-bond acceptors (Lipinski definition) is 2. The number of nitrogens with zero attached hydrogens (tertiary/aromatic N) is 2. The lowest BCUT2D eigenvalue weighted by atomic mass is 9.91. The minimum Gasteiger partial charge on any atom is -0.342 e. The van der Waals surface area contributed by atoms with Crippen LogP contribution in [0.3, 0.4) is 0 Å². The smallest absolute Gasteiger partial charge is 0.317 e. The van der Waals surface area contributed by atoms with Crippen LogP contribution in [0, 0.1) is 5.41 Å². The van der Waals surface area contributed by atoms with Gasteiger partial charge in [-0.15, -0.1) is 0 Å². The summed E-state index contributed by atoms with van der Waals surface area (Å²) < 4.78 is 25.7. The van der Waals surface area contributed by atoms with Gasteiger partial charge >= 0.3 is 6.03 Å². The third-order valence-corrected chi connectivity index (χ3v) is 4.50. The molecule has 2 fully saturated rings. The van der Waals surface area contributed by atoms with Gasteiger partial charge in [0.25, 0.3) is 6.43 Å². The lowest BCUT2D eigenvalue weighted by Crippen LogP contribution is -2.51. The summed E-state index contributed by atoms with van der Waals surface area (Å²) in [6, 6.07) is -1.50. The van der Waals surface area contributed by atoms with Crippen LogP contribution in [0.25, 0.3) is 0 Å². The minimum atomic E-state index is -2.52. The van der Waals surface area contributed by atoms with Gasteiger partial charge < -0.3 is 15.1 Å². The zero-order valence-corrected chi connectivity index (χ0v) is 13.3. The molecular formula is C15H25F2N3O2. The number of amides is 3. The lowest BCUT2D eigenvalue weighted by molar-refractivity contribution is -0.138. The molecule has 0 bridgehead atoms. The summed E-state index contributed by atoms with van der Waals surface area (Å²) in [6.07, 6.45) is 0.433. The largest absolute Gasteiger partial charge is 0.342 e. The Balaban J connectivity index is 1.88. The number of hydrogen-bond donors (Lipinski definition) is 1. The molecule has 0 aliphatic carbocycles. The van der Waals surface area contributed by atoms with Crippen molar-refractivity contribution >= 4 is 11.9 Å². The van der Waals surface area contributed by atoms with Gasteiger partial charge in [-0.25, -0.2) is 13.6 Å². The SMILES string of the molecule is CC(C)(CNC(=O)N1CCC[C@H]1C(F)F)C(=O)N1CCCC1. The predicted molar refractivity (Wildman–Crippen MR) is 78.7 cm³/mol. The molecule has 0 spiro atoms.